The fourth-order valence-electron chi connectivity index (χ4n) is 1.59. The molecule has 24 heavy (non-hydrogen) atoms. The Morgan fingerprint density at radius 1 is 1.12 bits per heavy atom. The molecule has 0 aliphatic rings. The smallest absolute Gasteiger partial charge is 0.322 e. The summed E-state index contributed by atoms with van der Waals surface area (Å²) in [7, 11) is 0. The predicted octanol–water partition coefficient (Wildman–Crippen LogP) is 3.12. The van der Waals surface area contributed by atoms with Crippen LogP contribution in [0.25, 0.3) is 10.4 Å². The summed E-state index contributed by atoms with van der Waals surface area (Å²) in [5.74, 6) is -1.12. The van der Waals surface area contributed by atoms with Crippen LogP contribution >= 0.6 is 15.9 Å². The zero-order valence-corrected chi connectivity index (χ0v) is 16.0. The highest BCUT2D eigenvalue weighted by atomic mass is 79.9. The molecule has 0 spiro atoms. The zero-order chi connectivity index (χ0) is 18.6. The van der Waals surface area contributed by atoms with E-state index in [1.165, 1.54) is 6.92 Å². The topological polar surface area (TPSA) is 122 Å². The molecule has 0 aromatic rings. The van der Waals surface area contributed by atoms with Crippen molar-refractivity contribution in [2.45, 2.75) is 50.8 Å². The summed E-state index contributed by atoms with van der Waals surface area (Å²) in [5.41, 5.74) is 6.85. The van der Waals surface area contributed by atoms with Crippen LogP contribution in [-0.4, -0.2) is 47.7 Å². The normalized spacial score (nSPS) is 13.5. The zero-order valence-electron chi connectivity index (χ0n) is 14.5. The van der Waals surface area contributed by atoms with E-state index in [-0.39, 0.29) is 13.2 Å². The standard InChI is InChI=1S/C15H26BrN3O5/c1-14(2,16)12(21)24-11-15(3,10-20)13(22)23-9-7-5-4-6-8-18-19-17/h20H,4-11H2,1-3H3. The maximum absolute atomic E-state index is 12.1. The molecule has 138 valence electrons. The lowest BCUT2D eigenvalue weighted by Crippen LogP contribution is -2.40. The lowest BCUT2D eigenvalue weighted by atomic mass is 9.93. The van der Waals surface area contributed by atoms with Crippen LogP contribution in [0.4, 0.5) is 0 Å². The second kappa shape index (κ2) is 11.3. The highest BCUT2D eigenvalue weighted by molar-refractivity contribution is 9.10. The van der Waals surface area contributed by atoms with Crippen LogP contribution in [0.15, 0.2) is 5.11 Å². The van der Waals surface area contributed by atoms with Crippen molar-refractivity contribution in [2.24, 2.45) is 10.5 Å². The average Bonchev–Trinajstić information content (AvgIpc) is 2.53. The van der Waals surface area contributed by atoms with Crippen LogP contribution < -0.4 is 0 Å². The average molecular weight is 408 g/mol. The van der Waals surface area contributed by atoms with Gasteiger partial charge in [0.05, 0.1) is 13.2 Å². The molecule has 0 heterocycles. The van der Waals surface area contributed by atoms with Gasteiger partial charge < -0.3 is 14.6 Å². The van der Waals surface area contributed by atoms with E-state index < -0.39 is 28.3 Å². The van der Waals surface area contributed by atoms with Gasteiger partial charge in [-0.15, -0.1) is 0 Å². The van der Waals surface area contributed by atoms with E-state index in [0.717, 1.165) is 19.3 Å². The van der Waals surface area contributed by atoms with E-state index in [0.29, 0.717) is 13.0 Å². The molecule has 0 saturated heterocycles. The molecule has 1 unspecified atom stereocenters. The summed E-state index contributed by atoms with van der Waals surface area (Å²) in [6.45, 7) is 4.72. The summed E-state index contributed by atoms with van der Waals surface area (Å²) >= 11 is 3.17. The van der Waals surface area contributed by atoms with Crippen LogP contribution in [-0.2, 0) is 19.1 Å². The number of unbranched alkanes of at least 4 members (excludes halogenated alkanes) is 3. The molecule has 0 saturated carbocycles. The lowest BCUT2D eigenvalue weighted by Gasteiger charge is -2.26. The third-order valence-electron chi connectivity index (χ3n) is 3.30. The van der Waals surface area contributed by atoms with Gasteiger partial charge in [-0.25, -0.2) is 0 Å². The van der Waals surface area contributed by atoms with Gasteiger partial charge in [-0.05, 0) is 39.1 Å². The number of esters is 2. The van der Waals surface area contributed by atoms with Crippen LogP contribution in [0.5, 0.6) is 0 Å². The third-order valence-corrected chi connectivity index (χ3v) is 3.62. The van der Waals surface area contributed by atoms with Crippen molar-refractivity contribution in [3.63, 3.8) is 0 Å². The number of aliphatic hydroxyl groups excluding tert-OH is 1. The van der Waals surface area contributed by atoms with Gasteiger partial charge in [0.25, 0.3) is 0 Å². The fraction of sp³-hybridized carbons (Fsp3) is 0.867. The Bertz CT molecular complexity index is 461. The highest BCUT2D eigenvalue weighted by Gasteiger charge is 2.37. The van der Waals surface area contributed by atoms with Crippen LogP contribution in [0.2, 0.25) is 0 Å². The number of aliphatic hydroxyl groups is 1. The first-order chi connectivity index (χ1) is 11.2. The molecule has 0 aromatic carbocycles. The molecular weight excluding hydrogens is 382 g/mol. The Morgan fingerprint density at radius 2 is 1.75 bits per heavy atom. The van der Waals surface area contributed by atoms with E-state index in [9.17, 15) is 14.7 Å². The van der Waals surface area contributed by atoms with Gasteiger partial charge in [0, 0.05) is 11.5 Å². The molecule has 1 N–H and O–H groups in total. The number of carbonyl (C=O) groups is 2. The second-order valence-corrected chi connectivity index (χ2v) is 8.25. The van der Waals surface area contributed by atoms with Crippen molar-refractivity contribution in [3.05, 3.63) is 10.4 Å². The van der Waals surface area contributed by atoms with Gasteiger partial charge >= 0.3 is 11.9 Å². The maximum Gasteiger partial charge on any atom is 0.322 e. The minimum atomic E-state index is -1.28. The van der Waals surface area contributed by atoms with Crippen molar-refractivity contribution in [1.29, 1.82) is 0 Å². The minimum absolute atomic E-state index is 0.230. The Kier molecular flexibility index (Phi) is 10.7. The molecule has 0 fully saturated rings. The summed E-state index contributed by atoms with van der Waals surface area (Å²) < 4.78 is 9.38. The lowest BCUT2D eigenvalue weighted by molar-refractivity contribution is -0.166. The van der Waals surface area contributed by atoms with Gasteiger partial charge in [0.15, 0.2) is 0 Å². The number of azide groups is 1. The van der Waals surface area contributed by atoms with Crippen LogP contribution in [0, 0.1) is 5.41 Å². The van der Waals surface area contributed by atoms with Crippen molar-refractivity contribution >= 4 is 27.9 Å². The number of halogens is 1. The molecule has 0 aromatic heterocycles. The SMILES string of the molecule is CC(C)(Br)C(=O)OCC(C)(CO)C(=O)OCCCCCCN=[N+]=[N-]. The van der Waals surface area contributed by atoms with Gasteiger partial charge in [0.1, 0.15) is 16.3 Å². The number of nitrogens with zero attached hydrogens (tertiary/aromatic N) is 3. The van der Waals surface area contributed by atoms with Crippen molar-refractivity contribution in [1.82, 2.24) is 0 Å². The van der Waals surface area contributed by atoms with Crippen molar-refractivity contribution in [3.8, 4) is 0 Å². The number of hydrogen-bond acceptors (Lipinski definition) is 6. The van der Waals surface area contributed by atoms with Gasteiger partial charge in [0.2, 0.25) is 0 Å². The first-order valence-corrected chi connectivity index (χ1v) is 8.62. The summed E-state index contributed by atoms with van der Waals surface area (Å²) in [6.07, 6.45) is 3.20. The van der Waals surface area contributed by atoms with Crippen LogP contribution in [0.3, 0.4) is 0 Å². The molecule has 9 heteroatoms. The Morgan fingerprint density at radius 3 is 2.29 bits per heavy atom. The Balaban J connectivity index is 4.14. The number of hydrogen-bond donors (Lipinski definition) is 1. The number of carbonyl (C=O) groups excluding carboxylic acids is 2. The highest BCUT2D eigenvalue weighted by Crippen LogP contribution is 2.23. The molecule has 0 bridgehead atoms. The second-order valence-electron chi connectivity index (χ2n) is 6.27. The fourth-order valence-corrected chi connectivity index (χ4v) is 1.70. The number of ether oxygens (including phenoxy) is 2. The van der Waals surface area contributed by atoms with Gasteiger partial charge in [-0.2, -0.15) is 0 Å². The summed E-state index contributed by atoms with van der Waals surface area (Å²) in [6, 6.07) is 0. The van der Waals surface area contributed by atoms with E-state index in [2.05, 4.69) is 26.0 Å². The van der Waals surface area contributed by atoms with Crippen molar-refractivity contribution in [2.75, 3.05) is 26.4 Å². The molecule has 0 amide bonds. The van der Waals surface area contributed by atoms with E-state index in [4.69, 9.17) is 15.0 Å². The molecule has 0 rings (SSSR count). The van der Waals surface area contributed by atoms with Gasteiger partial charge in [-0.1, -0.05) is 33.9 Å². The summed E-state index contributed by atoms with van der Waals surface area (Å²) in [4.78, 5) is 26.5. The molecule has 0 aliphatic carbocycles. The third kappa shape index (κ3) is 9.10. The monoisotopic (exact) mass is 407 g/mol. The molecule has 0 radical (unpaired) electrons. The first-order valence-electron chi connectivity index (χ1n) is 7.82. The van der Waals surface area contributed by atoms with Crippen LogP contribution in [0.1, 0.15) is 46.5 Å². The molecule has 1 atom stereocenters. The van der Waals surface area contributed by atoms with E-state index in [1.807, 2.05) is 0 Å². The Hall–Kier alpha value is -1.31. The molecule has 8 nitrogen and oxygen atoms in total. The first kappa shape index (κ1) is 22.7. The predicted molar refractivity (Wildman–Crippen MR) is 92.6 cm³/mol. The Labute approximate surface area is 150 Å². The van der Waals surface area contributed by atoms with E-state index in [1.54, 1.807) is 13.8 Å². The quantitative estimate of drug-likeness (QED) is 0.133. The van der Waals surface area contributed by atoms with Crippen molar-refractivity contribution < 1.29 is 24.2 Å². The molecular formula is C15H26BrN3O5. The molecule has 0 aliphatic heterocycles. The van der Waals surface area contributed by atoms with E-state index >= 15 is 0 Å². The maximum atomic E-state index is 12.1. The number of alkyl halides is 1. The number of rotatable bonds is 12. The minimum Gasteiger partial charge on any atom is -0.465 e. The summed E-state index contributed by atoms with van der Waals surface area (Å²) in [5, 5.41) is 12.9. The van der Waals surface area contributed by atoms with Gasteiger partial charge in [-0.3, -0.25) is 9.59 Å². The largest absolute Gasteiger partial charge is 0.465 e.